The van der Waals surface area contributed by atoms with E-state index in [0.717, 1.165) is 0 Å². The van der Waals surface area contributed by atoms with Gasteiger partial charge in [0.25, 0.3) is 0 Å². The summed E-state index contributed by atoms with van der Waals surface area (Å²) in [5, 5.41) is 2.93. The number of hydrogen-bond acceptors (Lipinski definition) is 5. The molecule has 2 aromatic rings. The fourth-order valence-electron chi connectivity index (χ4n) is 1.41. The lowest BCUT2D eigenvalue weighted by molar-refractivity contribution is 0.517. The average molecular weight is 269 g/mol. The molecule has 0 aliphatic carbocycles. The van der Waals surface area contributed by atoms with E-state index in [0.29, 0.717) is 23.7 Å². The zero-order chi connectivity index (χ0) is 13.0. The molecule has 96 valence electrons. The van der Waals surface area contributed by atoms with E-state index in [1.54, 1.807) is 12.1 Å². The smallest absolute Gasteiger partial charge is 0.346 e. The Balaban J connectivity index is 2.16. The number of aromatic amines is 1. The first-order valence-corrected chi connectivity index (χ1v) is 6.34. The van der Waals surface area contributed by atoms with Crippen molar-refractivity contribution in [3.05, 3.63) is 46.4 Å². The van der Waals surface area contributed by atoms with Crippen molar-refractivity contribution in [2.24, 2.45) is 0 Å². The van der Waals surface area contributed by atoms with E-state index in [4.69, 9.17) is 8.97 Å². The largest absolute Gasteiger partial charge is 0.467 e. The Bertz CT molecular complexity index is 593. The van der Waals surface area contributed by atoms with Crippen LogP contribution in [0, 0.1) is 0 Å². The zero-order valence-electron chi connectivity index (χ0n) is 9.25. The molecule has 2 heterocycles. The summed E-state index contributed by atoms with van der Waals surface area (Å²) in [6.45, 7) is 0.359. The molecule has 0 saturated carbocycles. The van der Waals surface area contributed by atoms with E-state index in [-0.39, 0.29) is 5.75 Å². The molecule has 0 fully saturated rings. The van der Waals surface area contributed by atoms with Crippen LogP contribution in [0.25, 0.3) is 0 Å². The number of nitrogens with one attached hydrogen (secondary N) is 2. The van der Waals surface area contributed by atoms with Gasteiger partial charge in [-0.25, -0.2) is 14.0 Å². The van der Waals surface area contributed by atoms with Crippen LogP contribution in [0.1, 0.15) is 11.3 Å². The topological polar surface area (TPSA) is 108 Å². The van der Waals surface area contributed by atoms with Gasteiger partial charge < -0.3 is 14.3 Å². The number of rotatable bonds is 5. The maximum Gasteiger partial charge on any atom is 0.346 e. The second-order valence-corrected chi connectivity index (χ2v) is 4.42. The lowest BCUT2D eigenvalue weighted by atomic mass is 10.3. The third-order valence-corrected chi connectivity index (χ3v) is 2.75. The predicted octanol–water partition coefficient (Wildman–Crippen LogP) is 0.697. The highest BCUT2D eigenvalue weighted by Crippen LogP contribution is 2.12. The third kappa shape index (κ3) is 3.28. The van der Waals surface area contributed by atoms with Gasteiger partial charge in [0.15, 0.2) is 11.1 Å². The van der Waals surface area contributed by atoms with Crippen LogP contribution >= 0.6 is 0 Å². The minimum Gasteiger partial charge on any atom is -0.467 e. The number of nitrogens with zero attached hydrogens (tertiary/aromatic N) is 1. The van der Waals surface area contributed by atoms with Crippen LogP contribution in [0.15, 0.2) is 33.8 Å². The Labute approximate surface area is 105 Å². The quantitative estimate of drug-likeness (QED) is 0.689. The minimum atomic E-state index is -2.00. The molecule has 0 bridgehead atoms. The number of anilines is 1. The van der Waals surface area contributed by atoms with Gasteiger partial charge in [0.05, 0.1) is 18.6 Å². The molecule has 0 aliphatic rings. The first-order valence-electron chi connectivity index (χ1n) is 5.07. The Kier molecular flexibility index (Phi) is 3.90. The van der Waals surface area contributed by atoms with E-state index in [1.165, 1.54) is 12.5 Å². The van der Waals surface area contributed by atoms with Crippen molar-refractivity contribution in [3.8, 4) is 0 Å². The third-order valence-electron chi connectivity index (χ3n) is 2.19. The van der Waals surface area contributed by atoms with Gasteiger partial charge in [-0.2, -0.15) is 0 Å². The summed E-state index contributed by atoms with van der Waals surface area (Å²) in [5.74, 6) is 0.946. The molecule has 18 heavy (non-hydrogen) atoms. The van der Waals surface area contributed by atoms with E-state index in [1.807, 2.05) is 0 Å². The number of hydrogen-bond donors (Lipinski definition) is 3. The number of H-pyrrole nitrogens is 1. The molecular weight excluding hydrogens is 258 g/mol. The molecule has 0 aromatic carbocycles. The van der Waals surface area contributed by atoms with Crippen molar-refractivity contribution in [1.29, 1.82) is 0 Å². The first-order chi connectivity index (χ1) is 8.65. The lowest BCUT2D eigenvalue weighted by Crippen LogP contribution is -2.16. The van der Waals surface area contributed by atoms with Crippen LogP contribution in [-0.2, 0) is 23.4 Å². The van der Waals surface area contributed by atoms with Crippen molar-refractivity contribution in [3.63, 3.8) is 0 Å². The Hall–Kier alpha value is -1.93. The fourth-order valence-corrected chi connectivity index (χ4v) is 1.89. The second-order valence-electron chi connectivity index (χ2n) is 3.49. The minimum absolute atomic E-state index is 0.107. The maximum atomic E-state index is 11.1. The van der Waals surface area contributed by atoms with Crippen molar-refractivity contribution >= 4 is 16.9 Å². The highest BCUT2D eigenvalue weighted by molar-refractivity contribution is 7.78. The van der Waals surface area contributed by atoms with Crippen LogP contribution in [0.3, 0.4) is 0 Å². The van der Waals surface area contributed by atoms with Gasteiger partial charge in [-0.15, -0.1) is 0 Å². The molecule has 0 spiro atoms. The monoisotopic (exact) mass is 269 g/mol. The van der Waals surface area contributed by atoms with E-state index in [9.17, 15) is 9.00 Å². The van der Waals surface area contributed by atoms with Gasteiger partial charge in [-0.05, 0) is 12.1 Å². The maximum absolute atomic E-state index is 11.1. The van der Waals surface area contributed by atoms with Crippen molar-refractivity contribution in [2.75, 3.05) is 5.32 Å². The van der Waals surface area contributed by atoms with Gasteiger partial charge in [0.1, 0.15) is 11.6 Å². The summed E-state index contributed by atoms with van der Waals surface area (Å²) in [6.07, 6.45) is 2.81. The number of aromatic nitrogens is 2. The Morgan fingerprint density at radius 3 is 3.06 bits per heavy atom. The van der Waals surface area contributed by atoms with E-state index >= 15 is 0 Å². The Morgan fingerprint density at radius 2 is 2.39 bits per heavy atom. The van der Waals surface area contributed by atoms with Crippen LogP contribution < -0.4 is 11.0 Å². The molecular formula is C10H11N3O4S. The SMILES string of the molecule is O=c1ncc(CS(=O)O)c(NCc2ccco2)[nH]1. The van der Waals surface area contributed by atoms with Gasteiger partial charge in [0, 0.05) is 11.8 Å². The summed E-state index contributed by atoms with van der Waals surface area (Å²) in [6, 6.07) is 3.52. The molecule has 0 radical (unpaired) electrons. The molecule has 0 amide bonds. The van der Waals surface area contributed by atoms with Gasteiger partial charge in [-0.3, -0.25) is 4.98 Å². The molecule has 0 aliphatic heterocycles. The summed E-state index contributed by atoms with van der Waals surface area (Å²) in [7, 11) is 0. The fraction of sp³-hybridized carbons (Fsp3) is 0.200. The van der Waals surface area contributed by atoms with Gasteiger partial charge >= 0.3 is 5.69 Å². The molecule has 8 heteroatoms. The molecule has 0 saturated heterocycles. The molecule has 2 rings (SSSR count). The van der Waals surface area contributed by atoms with E-state index in [2.05, 4.69) is 15.3 Å². The van der Waals surface area contributed by atoms with Crippen LogP contribution in [-0.4, -0.2) is 18.7 Å². The van der Waals surface area contributed by atoms with Crippen LogP contribution in [0.2, 0.25) is 0 Å². The summed E-state index contributed by atoms with van der Waals surface area (Å²) >= 11 is -2.00. The number of furan rings is 1. The van der Waals surface area contributed by atoms with Crippen LogP contribution in [0.5, 0.6) is 0 Å². The lowest BCUT2D eigenvalue weighted by Gasteiger charge is -2.08. The summed E-state index contributed by atoms with van der Waals surface area (Å²) in [5.41, 5.74) is -0.0635. The van der Waals surface area contributed by atoms with Gasteiger partial charge in [0.2, 0.25) is 0 Å². The molecule has 7 nitrogen and oxygen atoms in total. The van der Waals surface area contributed by atoms with Crippen molar-refractivity contribution in [2.45, 2.75) is 12.3 Å². The predicted molar refractivity (Wildman–Crippen MR) is 65.4 cm³/mol. The van der Waals surface area contributed by atoms with Gasteiger partial charge in [-0.1, -0.05) is 0 Å². The molecule has 1 unspecified atom stereocenters. The second kappa shape index (κ2) is 5.61. The Morgan fingerprint density at radius 1 is 1.56 bits per heavy atom. The highest BCUT2D eigenvalue weighted by atomic mass is 32.2. The summed E-state index contributed by atoms with van der Waals surface area (Å²) in [4.78, 5) is 17.1. The first kappa shape index (κ1) is 12.5. The zero-order valence-corrected chi connectivity index (χ0v) is 10.1. The van der Waals surface area contributed by atoms with E-state index < -0.39 is 16.8 Å². The molecule has 3 N–H and O–H groups in total. The van der Waals surface area contributed by atoms with Crippen LogP contribution in [0.4, 0.5) is 5.82 Å². The van der Waals surface area contributed by atoms with Crippen molar-refractivity contribution < 1.29 is 13.2 Å². The molecule has 2 aromatic heterocycles. The standard InChI is InChI=1S/C10H11N3O4S/c14-10-12-4-7(6-18(15)16)9(13-10)11-5-8-2-1-3-17-8/h1-4H,5-6H2,(H,15,16)(H2,11,12,13,14). The highest BCUT2D eigenvalue weighted by Gasteiger charge is 2.07. The normalized spacial score (nSPS) is 12.3. The summed E-state index contributed by atoms with van der Waals surface area (Å²) < 4.78 is 24.8. The molecule has 1 atom stereocenters. The average Bonchev–Trinajstić information content (AvgIpc) is 2.82. The van der Waals surface area contributed by atoms with Crippen molar-refractivity contribution in [1.82, 2.24) is 9.97 Å².